The number of carbonyl (C=O) groups is 1. The lowest BCUT2D eigenvalue weighted by atomic mass is 9.85. The Morgan fingerprint density at radius 3 is 2.59 bits per heavy atom. The van der Waals surface area contributed by atoms with E-state index in [4.69, 9.17) is 0 Å². The van der Waals surface area contributed by atoms with Gasteiger partial charge in [0.2, 0.25) is 5.91 Å². The highest BCUT2D eigenvalue weighted by Crippen LogP contribution is 2.30. The van der Waals surface area contributed by atoms with Gasteiger partial charge in [-0.25, -0.2) is 0 Å². The molecule has 4 heterocycles. The second kappa shape index (κ2) is 7.34. The molecule has 0 spiro atoms. The fraction of sp³-hybridized carbons (Fsp3) is 0.632. The molecular weight excluding hydrogens is 342 g/mol. The molecule has 0 aliphatic carbocycles. The van der Waals surface area contributed by atoms with Crippen LogP contribution < -0.4 is 5.32 Å². The Kier molecular flexibility index (Phi) is 4.90. The molecule has 0 bridgehead atoms. The molecule has 2 aromatic rings. The molecular formula is C19H29N7O. The van der Waals surface area contributed by atoms with Gasteiger partial charge in [0.15, 0.2) is 0 Å². The second-order valence-corrected chi connectivity index (χ2v) is 7.90. The Bertz CT molecular complexity index is 782. The summed E-state index contributed by atoms with van der Waals surface area (Å²) >= 11 is 0. The lowest BCUT2D eigenvalue weighted by Crippen LogP contribution is -2.58. The summed E-state index contributed by atoms with van der Waals surface area (Å²) in [6.07, 6.45) is 5.68. The highest BCUT2D eigenvalue weighted by atomic mass is 16.2. The molecule has 2 aliphatic heterocycles. The Morgan fingerprint density at radius 2 is 2.00 bits per heavy atom. The fourth-order valence-corrected chi connectivity index (χ4v) is 4.22. The lowest BCUT2D eigenvalue weighted by molar-refractivity contribution is -0.136. The van der Waals surface area contributed by atoms with Crippen LogP contribution in [0.3, 0.4) is 0 Å². The van der Waals surface area contributed by atoms with E-state index in [9.17, 15) is 4.79 Å². The first-order valence-corrected chi connectivity index (χ1v) is 9.85. The van der Waals surface area contributed by atoms with Gasteiger partial charge in [0.1, 0.15) is 11.4 Å². The molecule has 8 nitrogen and oxygen atoms in total. The third-order valence-electron chi connectivity index (χ3n) is 5.74. The Labute approximate surface area is 159 Å². The molecule has 1 amide bonds. The van der Waals surface area contributed by atoms with E-state index in [2.05, 4.69) is 31.6 Å². The van der Waals surface area contributed by atoms with E-state index in [1.54, 1.807) is 4.68 Å². The van der Waals surface area contributed by atoms with Crippen molar-refractivity contribution in [3.8, 4) is 0 Å². The number of carbonyl (C=O) groups excluding carboxylic acids is 1. The summed E-state index contributed by atoms with van der Waals surface area (Å²) in [4.78, 5) is 17.8. The molecule has 8 heteroatoms. The van der Waals surface area contributed by atoms with Gasteiger partial charge in [-0.15, -0.1) is 0 Å². The Hall–Kier alpha value is -2.35. The van der Waals surface area contributed by atoms with Crippen LogP contribution in [0.2, 0.25) is 0 Å². The topological polar surface area (TPSA) is 82.1 Å². The zero-order valence-electron chi connectivity index (χ0n) is 16.2. The molecule has 0 aromatic carbocycles. The van der Waals surface area contributed by atoms with Crippen molar-refractivity contribution in [1.29, 1.82) is 0 Å². The molecule has 2 aliphatic rings. The summed E-state index contributed by atoms with van der Waals surface area (Å²) < 4.78 is 1.77. The largest absolute Gasteiger partial charge is 0.354 e. The van der Waals surface area contributed by atoms with Gasteiger partial charge >= 0.3 is 0 Å². The molecule has 2 fully saturated rings. The Balaban J connectivity index is 1.48. The van der Waals surface area contributed by atoms with Crippen molar-refractivity contribution in [2.24, 2.45) is 7.05 Å². The number of hydrogen-bond acceptors (Lipinski definition) is 5. The number of nitrogens with zero attached hydrogens (tertiary/aromatic N) is 5. The maximum Gasteiger partial charge on any atom is 0.248 e. The van der Waals surface area contributed by atoms with E-state index in [0.29, 0.717) is 0 Å². The summed E-state index contributed by atoms with van der Waals surface area (Å²) in [6.45, 7) is 6.32. The second-order valence-electron chi connectivity index (χ2n) is 7.90. The zero-order chi connectivity index (χ0) is 18.9. The van der Waals surface area contributed by atoms with Crippen molar-refractivity contribution in [1.82, 2.24) is 29.8 Å². The van der Waals surface area contributed by atoms with Crippen LogP contribution in [0.4, 0.5) is 5.82 Å². The normalized spacial score (nSPS) is 20.1. The standard InChI is InChI=1S/C19H29N7O/c1-15-13-16(22-21-15)14-25-11-6-19(7-12-25,18(27)26-8-3-4-9-26)20-17-5-10-24(2)23-17/h5,10,13H,3-4,6-9,11-12,14H2,1-2H3,(H,20,23)(H,21,22). The zero-order valence-corrected chi connectivity index (χ0v) is 16.2. The predicted molar refractivity (Wildman–Crippen MR) is 103 cm³/mol. The van der Waals surface area contributed by atoms with E-state index in [-0.39, 0.29) is 5.91 Å². The van der Waals surface area contributed by atoms with Gasteiger partial charge in [0.25, 0.3) is 0 Å². The maximum atomic E-state index is 13.4. The van der Waals surface area contributed by atoms with Gasteiger partial charge in [-0.05, 0) is 38.7 Å². The van der Waals surface area contributed by atoms with E-state index in [1.165, 1.54) is 0 Å². The van der Waals surface area contributed by atoms with E-state index in [0.717, 1.165) is 75.6 Å². The van der Waals surface area contributed by atoms with E-state index in [1.807, 2.05) is 31.1 Å². The molecule has 2 aromatic heterocycles. The van der Waals surface area contributed by atoms with Crippen LogP contribution in [0.5, 0.6) is 0 Å². The van der Waals surface area contributed by atoms with Crippen LogP contribution in [0, 0.1) is 6.92 Å². The molecule has 2 N–H and O–H groups in total. The van der Waals surface area contributed by atoms with Crippen molar-refractivity contribution in [2.75, 3.05) is 31.5 Å². The number of likely N-dealkylation sites (tertiary alicyclic amines) is 2. The summed E-state index contributed by atoms with van der Waals surface area (Å²) in [5.74, 6) is 1.02. The SMILES string of the molecule is Cc1cc(CN2CCC(Nc3ccn(C)n3)(C(=O)N3CCCC3)CC2)n[nH]1. The first-order chi connectivity index (χ1) is 13.0. The fourth-order valence-electron chi connectivity index (χ4n) is 4.22. The van der Waals surface area contributed by atoms with Crippen LogP contribution in [0.1, 0.15) is 37.1 Å². The van der Waals surface area contributed by atoms with Crippen LogP contribution in [-0.2, 0) is 18.4 Å². The summed E-state index contributed by atoms with van der Waals surface area (Å²) in [6, 6.07) is 4.03. The van der Waals surface area contributed by atoms with Gasteiger partial charge in [0, 0.05) is 57.7 Å². The smallest absolute Gasteiger partial charge is 0.248 e. The summed E-state index contributed by atoms with van der Waals surface area (Å²) in [5.41, 5.74) is 1.58. The summed E-state index contributed by atoms with van der Waals surface area (Å²) in [5, 5.41) is 15.3. The molecule has 0 saturated carbocycles. The van der Waals surface area contributed by atoms with Crippen molar-refractivity contribution in [2.45, 2.75) is 44.7 Å². The predicted octanol–water partition coefficient (Wildman–Crippen LogP) is 1.52. The van der Waals surface area contributed by atoms with Gasteiger partial charge in [-0.2, -0.15) is 10.2 Å². The van der Waals surface area contributed by atoms with E-state index >= 15 is 0 Å². The number of piperidine rings is 1. The van der Waals surface area contributed by atoms with Gasteiger partial charge < -0.3 is 10.2 Å². The average Bonchev–Trinajstić information content (AvgIpc) is 3.40. The molecule has 0 radical (unpaired) electrons. The van der Waals surface area contributed by atoms with Crippen molar-refractivity contribution in [3.05, 3.63) is 29.7 Å². The number of anilines is 1. The minimum absolute atomic E-state index is 0.237. The Morgan fingerprint density at radius 1 is 1.26 bits per heavy atom. The van der Waals surface area contributed by atoms with Crippen LogP contribution in [0.25, 0.3) is 0 Å². The van der Waals surface area contributed by atoms with Gasteiger partial charge in [-0.3, -0.25) is 19.5 Å². The lowest BCUT2D eigenvalue weighted by Gasteiger charge is -2.42. The number of aromatic nitrogens is 4. The van der Waals surface area contributed by atoms with E-state index < -0.39 is 5.54 Å². The first kappa shape index (κ1) is 18.0. The number of hydrogen-bond donors (Lipinski definition) is 2. The van der Waals surface area contributed by atoms with Crippen LogP contribution in [-0.4, -0.2) is 67.4 Å². The molecule has 0 atom stereocenters. The van der Waals surface area contributed by atoms with Crippen molar-refractivity contribution in [3.63, 3.8) is 0 Å². The highest BCUT2D eigenvalue weighted by Gasteiger charge is 2.44. The number of amides is 1. The minimum atomic E-state index is -0.559. The molecule has 0 unspecified atom stereocenters. The monoisotopic (exact) mass is 371 g/mol. The third-order valence-corrected chi connectivity index (χ3v) is 5.74. The molecule has 27 heavy (non-hydrogen) atoms. The van der Waals surface area contributed by atoms with Gasteiger partial charge in [-0.1, -0.05) is 0 Å². The third kappa shape index (κ3) is 3.85. The van der Waals surface area contributed by atoms with Crippen molar-refractivity contribution < 1.29 is 4.79 Å². The van der Waals surface area contributed by atoms with Crippen LogP contribution >= 0.6 is 0 Å². The number of H-pyrrole nitrogens is 1. The molecule has 146 valence electrons. The molecule has 4 rings (SSSR count). The molecule has 2 saturated heterocycles. The minimum Gasteiger partial charge on any atom is -0.354 e. The number of aromatic amines is 1. The van der Waals surface area contributed by atoms with Crippen molar-refractivity contribution >= 4 is 11.7 Å². The summed E-state index contributed by atoms with van der Waals surface area (Å²) in [7, 11) is 1.90. The number of aryl methyl sites for hydroxylation is 2. The van der Waals surface area contributed by atoms with Crippen LogP contribution in [0.15, 0.2) is 18.3 Å². The number of rotatable bonds is 5. The maximum absolute atomic E-state index is 13.4. The number of nitrogens with one attached hydrogen (secondary N) is 2. The average molecular weight is 371 g/mol. The first-order valence-electron chi connectivity index (χ1n) is 9.85. The van der Waals surface area contributed by atoms with Gasteiger partial charge in [0.05, 0.1) is 5.69 Å². The quantitative estimate of drug-likeness (QED) is 0.833. The highest BCUT2D eigenvalue weighted by molar-refractivity contribution is 5.89.